The van der Waals surface area contributed by atoms with E-state index in [1.807, 2.05) is 0 Å². The van der Waals surface area contributed by atoms with E-state index in [4.69, 9.17) is 4.74 Å². The van der Waals surface area contributed by atoms with E-state index in [1.54, 1.807) is 4.57 Å². The average Bonchev–Trinajstić information content (AvgIpc) is 2.95. The number of aromatic nitrogens is 2. The summed E-state index contributed by atoms with van der Waals surface area (Å²) in [6.45, 7) is 1.23. The van der Waals surface area contributed by atoms with Gasteiger partial charge in [0, 0.05) is 12.5 Å². The number of hydrogen-bond donors (Lipinski definition) is 2. The van der Waals surface area contributed by atoms with Crippen molar-refractivity contribution in [1.82, 2.24) is 9.55 Å². The summed E-state index contributed by atoms with van der Waals surface area (Å²) in [6, 6.07) is 0. The van der Waals surface area contributed by atoms with Gasteiger partial charge < -0.3 is 19.5 Å². The summed E-state index contributed by atoms with van der Waals surface area (Å²) in [7, 11) is 0. The molecule has 0 spiro atoms. The SMILES string of the molecule is O=C(O)c1nc(C2CCOC2)n2c1CCCC2O. The van der Waals surface area contributed by atoms with Crippen molar-refractivity contribution in [3.8, 4) is 0 Å². The van der Waals surface area contributed by atoms with Gasteiger partial charge in [0.1, 0.15) is 12.1 Å². The van der Waals surface area contributed by atoms with Crippen molar-refractivity contribution in [3.05, 3.63) is 17.2 Å². The summed E-state index contributed by atoms with van der Waals surface area (Å²) >= 11 is 0. The summed E-state index contributed by atoms with van der Waals surface area (Å²) in [5.74, 6) is -0.241. The molecule has 0 saturated carbocycles. The Balaban J connectivity index is 2.10. The number of carboxylic acid groups (broad SMARTS) is 1. The number of fused-ring (bicyclic) bond motifs is 1. The van der Waals surface area contributed by atoms with Gasteiger partial charge in [-0.2, -0.15) is 0 Å². The van der Waals surface area contributed by atoms with Gasteiger partial charge >= 0.3 is 5.97 Å². The minimum Gasteiger partial charge on any atom is -0.476 e. The number of aliphatic hydroxyl groups excluding tert-OH is 1. The lowest BCUT2D eigenvalue weighted by Crippen LogP contribution is -2.21. The van der Waals surface area contributed by atoms with Crippen LogP contribution >= 0.6 is 0 Å². The van der Waals surface area contributed by atoms with Gasteiger partial charge in [0.15, 0.2) is 5.69 Å². The van der Waals surface area contributed by atoms with E-state index in [2.05, 4.69) is 4.98 Å². The fourth-order valence-electron chi connectivity index (χ4n) is 2.84. The molecule has 2 atom stereocenters. The van der Waals surface area contributed by atoms with Gasteiger partial charge in [-0.25, -0.2) is 9.78 Å². The molecule has 1 fully saturated rings. The summed E-state index contributed by atoms with van der Waals surface area (Å²) in [5, 5.41) is 19.3. The zero-order chi connectivity index (χ0) is 12.7. The van der Waals surface area contributed by atoms with Crippen molar-refractivity contribution in [1.29, 1.82) is 0 Å². The molecule has 0 bridgehead atoms. The minimum atomic E-state index is -1.02. The van der Waals surface area contributed by atoms with Gasteiger partial charge in [-0.3, -0.25) is 0 Å². The first-order valence-corrected chi connectivity index (χ1v) is 6.28. The molecular weight excluding hydrogens is 236 g/mol. The molecule has 6 nitrogen and oxygen atoms in total. The minimum absolute atomic E-state index is 0.0932. The third-order valence-electron chi connectivity index (χ3n) is 3.71. The number of aliphatic hydroxyl groups is 1. The molecule has 0 amide bonds. The van der Waals surface area contributed by atoms with Crippen LogP contribution in [0.2, 0.25) is 0 Å². The number of hydrogen-bond acceptors (Lipinski definition) is 4. The van der Waals surface area contributed by atoms with Gasteiger partial charge in [-0.15, -0.1) is 0 Å². The molecule has 2 unspecified atom stereocenters. The first-order valence-electron chi connectivity index (χ1n) is 6.28. The van der Waals surface area contributed by atoms with Gasteiger partial charge in [0.25, 0.3) is 0 Å². The summed E-state index contributed by atoms with van der Waals surface area (Å²) in [4.78, 5) is 15.5. The Bertz CT molecular complexity index is 477. The van der Waals surface area contributed by atoms with E-state index in [9.17, 15) is 15.0 Å². The molecule has 18 heavy (non-hydrogen) atoms. The predicted octanol–water partition coefficient (Wildman–Crippen LogP) is 0.912. The van der Waals surface area contributed by atoms with Crippen LogP contribution in [0.4, 0.5) is 0 Å². The Morgan fingerprint density at radius 2 is 2.28 bits per heavy atom. The molecule has 2 N–H and O–H groups in total. The number of aromatic carboxylic acids is 1. The molecular formula is C12H16N2O4. The molecule has 6 heteroatoms. The van der Waals surface area contributed by atoms with Crippen LogP contribution < -0.4 is 0 Å². The second-order valence-corrected chi connectivity index (χ2v) is 4.87. The Hall–Kier alpha value is -1.40. The van der Waals surface area contributed by atoms with Gasteiger partial charge in [0.2, 0.25) is 0 Å². The third-order valence-corrected chi connectivity index (χ3v) is 3.71. The predicted molar refractivity (Wildman–Crippen MR) is 61.6 cm³/mol. The highest BCUT2D eigenvalue weighted by molar-refractivity contribution is 5.87. The normalized spacial score (nSPS) is 27.2. The van der Waals surface area contributed by atoms with Crippen molar-refractivity contribution >= 4 is 5.97 Å². The van der Waals surface area contributed by atoms with Gasteiger partial charge in [-0.05, 0) is 25.7 Å². The Kier molecular flexibility index (Phi) is 2.83. The van der Waals surface area contributed by atoms with Crippen LogP contribution in [0.1, 0.15) is 53.4 Å². The van der Waals surface area contributed by atoms with Crippen LogP contribution in [0.5, 0.6) is 0 Å². The highest BCUT2D eigenvalue weighted by Gasteiger charge is 2.32. The summed E-state index contributed by atoms with van der Waals surface area (Å²) in [5.41, 5.74) is 0.749. The van der Waals surface area contributed by atoms with Crippen LogP contribution in [0, 0.1) is 0 Å². The van der Waals surface area contributed by atoms with Crippen LogP contribution in [-0.4, -0.2) is 38.9 Å². The fourth-order valence-corrected chi connectivity index (χ4v) is 2.84. The summed E-state index contributed by atoms with van der Waals surface area (Å²) < 4.78 is 7.04. The average molecular weight is 252 g/mol. The molecule has 0 radical (unpaired) electrons. The molecule has 98 valence electrons. The molecule has 2 aliphatic heterocycles. The van der Waals surface area contributed by atoms with Crippen molar-refractivity contribution < 1.29 is 19.7 Å². The van der Waals surface area contributed by atoms with Gasteiger partial charge in [0.05, 0.1) is 12.3 Å². The monoisotopic (exact) mass is 252 g/mol. The third kappa shape index (κ3) is 1.72. The smallest absolute Gasteiger partial charge is 0.356 e. The maximum Gasteiger partial charge on any atom is 0.356 e. The first kappa shape index (κ1) is 11.7. The molecule has 3 heterocycles. The molecule has 0 aliphatic carbocycles. The highest BCUT2D eigenvalue weighted by atomic mass is 16.5. The lowest BCUT2D eigenvalue weighted by atomic mass is 10.0. The van der Waals surface area contributed by atoms with E-state index in [0.717, 1.165) is 12.8 Å². The fraction of sp³-hybridized carbons (Fsp3) is 0.667. The van der Waals surface area contributed by atoms with E-state index in [-0.39, 0.29) is 11.6 Å². The second kappa shape index (κ2) is 4.37. The summed E-state index contributed by atoms with van der Waals surface area (Å²) in [6.07, 6.45) is 2.31. The van der Waals surface area contributed by atoms with E-state index < -0.39 is 12.2 Å². The lowest BCUT2D eigenvalue weighted by Gasteiger charge is -2.24. The van der Waals surface area contributed by atoms with E-state index in [0.29, 0.717) is 37.6 Å². The lowest BCUT2D eigenvalue weighted by molar-refractivity contribution is 0.0673. The molecule has 1 saturated heterocycles. The zero-order valence-corrected chi connectivity index (χ0v) is 10.0. The Morgan fingerprint density at radius 1 is 1.44 bits per heavy atom. The standard InChI is InChI=1S/C12H16N2O4/c15-9-3-1-2-8-10(12(16)17)13-11(14(8)9)7-4-5-18-6-7/h7,9,15H,1-6H2,(H,16,17). The highest BCUT2D eigenvalue weighted by Crippen LogP contribution is 2.33. The number of carbonyl (C=O) groups is 1. The van der Waals surface area contributed by atoms with Gasteiger partial charge in [-0.1, -0.05) is 0 Å². The molecule has 1 aromatic rings. The second-order valence-electron chi connectivity index (χ2n) is 4.87. The Labute approximate surface area is 104 Å². The molecule has 3 rings (SSSR count). The quantitative estimate of drug-likeness (QED) is 0.817. The number of carboxylic acids is 1. The van der Waals surface area contributed by atoms with Crippen molar-refractivity contribution in [2.24, 2.45) is 0 Å². The van der Waals surface area contributed by atoms with Crippen molar-refractivity contribution in [2.75, 3.05) is 13.2 Å². The first-order chi connectivity index (χ1) is 8.68. The van der Waals surface area contributed by atoms with Crippen LogP contribution in [-0.2, 0) is 11.2 Å². The number of nitrogens with zero attached hydrogens (tertiary/aromatic N) is 2. The number of rotatable bonds is 2. The number of ether oxygens (including phenoxy) is 1. The number of imidazole rings is 1. The molecule has 2 aliphatic rings. The van der Waals surface area contributed by atoms with Crippen molar-refractivity contribution in [2.45, 2.75) is 37.8 Å². The van der Waals surface area contributed by atoms with Crippen LogP contribution in [0.25, 0.3) is 0 Å². The van der Waals surface area contributed by atoms with Crippen LogP contribution in [0.15, 0.2) is 0 Å². The topological polar surface area (TPSA) is 84.6 Å². The zero-order valence-electron chi connectivity index (χ0n) is 10.0. The van der Waals surface area contributed by atoms with Crippen molar-refractivity contribution in [3.63, 3.8) is 0 Å². The molecule has 1 aromatic heterocycles. The van der Waals surface area contributed by atoms with Crippen LogP contribution in [0.3, 0.4) is 0 Å². The van der Waals surface area contributed by atoms with E-state index in [1.165, 1.54) is 0 Å². The largest absolute Gasteiger partial charge is 0.476 e. The maximum absolute atomic E-state index is 11.2. The van der Waals surface area contributed by atoms with E-state index >= 15 is 0 Å². The molecule has 0 aromatic carbocycles. The Morgan fingerprint density at radius 3 is 2.94 bits per heavy atom. The maximum atomic E-state index is 11.2.